The zero-order valence-electron chi connectivity index (χ0n) is 21.2. The zero-order chi connectivity index (χ0) is 24.5. The summed E-state index contributed by atoms with van der Waals surface area (Å²) in [5.41, 5.74) is -1.02. The van der Waals surface area contributed by atoms with Crippen molar-refractivity contribution in [3.05, 3.63) is 0 Å². The monoisotopic (exact) mass is 480 g/mol. The molecule has 1 saturated heterocycles. The van der Waals surface area contributed by atoms with Gasteiger partial charge in [0.15, 0.2) is 6.29 Å². The number of carbonyl (C=O) groups is 1. The Morgan fingerprint density at radius 1 is 0.971 bits per heavy atom. The van der Waals surface area contributed by atoms with Crippen molar-refractivity contribution in [1.29, 1.82) is 0 Å². The van der Waals surface area contributed by atoms with E-state index in [1.54, 1.807) is 6.92 Å². The van der Waals surface area contributed by atoms with E-state index >= 15 is 0 Å². The Morgan fingerprint density at radius 3 is 2.44 bits per heavy atom. The zero-order valence-corrected chi connectivity index (χ0v) is 21.2. The van der Waals surface area contributed by atoms with Gasteiger partial charge in [-0.1, -0.05) is 13.8 Å². The minimum absolute atomic E-state index is 0.0985. The Bertz CT molecular complexity index is 777. The maximum atomic E-state index is 12.5. The van der Waals surface area contributed by atoms with Gasteiger partial charge in [-0.3, -0.25) is 4.79 Å². The van der Waals surface area contributed by atoms with Gasteiger partial charge in [-0.25, -0.2) is 0 Å². The molecule has 0 spiro atoms. The van der Waals surface area contributed by atoms with Crippen molar-refractivity contribution in [1.82, 2.24) is 0 Å². The molecular formula is C27H44O7. The second-order valence-corrected chi connectivity index (χ2v) is 12.6. The highest BCUT2D eigenvalue weighted by Crippen LogP contribution is 2.69. The van der Waals surface area contributed by atoms with E-state index in [-0.39, 0.29) is 29.3 Å². The average molecular weight is 481 g/mol. The smallest absolute Gasteiger partial charge is 0.309 e. The number of hydrogen-bond donors (Lipinski definition) is 3. The third-order valence-electron chi connectivity index (χ3n) is 11.3. The van der Waals surface area contributed by atoms with E-state index < -0.39 is 35.6 Å². The molecule has 194 valence electrons. The number of hydrogen-bond acceptors (Lipinski definition) is 7. The first-order chi connectivity index (χ1) is 16.0. The summed E-state index contributed by atoms with van der Waals surface area (Å²) >= 11 is 0. The summed E-state index contributed by atoms with van der Waals surface area (Å²) in [6, 6.07) is 0. The molecule has 34 heavy (non-hydrogen) atoms. The molecule has 3 N–H and O–H groups in total. The lowest BCUT2D eigenvalue weighted by atomic mass is 9.43. The van der Waals surface area contributed by atoms with E-state index in [1.807, 2.05) is 0 Å². The normalized spacial score (nSPS) is 55.1. The minimum atomic E-state index is -0.859. The highest BCUT2D eigenvalue weighted by molar-refractivity contribution is 5.74. The maximum Gasteiger partial charge on any atom is 0.309 e. The van der Waals surface area contributed by atoms with E-state index in [4.69, 9.17) is 14.2 Å². The average Bonchev–Trinajstić information content (AvgIpc) is 3.08. The van der Waals surface area contributed by atoms with Crippen LogP contribution in [0.1, 0.15) is 85.0 Å². The van der Waals surface area contributed by atoms with Gasteiger partial charge in [-0.2, -0.15) is 0 Å². The Morgan fingerprint density at radius 2 is 1.74 bits per heavy atom. The van der Waals surface area contributed by atoms with E-state index in [1.165, 1.54) is 7.11 Å². The predicted molar refractivity (Wildman–Crippen MR) is 125 cm³/mol. The molecule has 4 saturated carbocycles. The third-order valence-corrected chi connectivity index (χ3v) is 11.3. The van der Waals surface area contributed by atoms with Gasteiger partial charge in [-0.15, -0.1) is 0 Å². The van der Waals surface area contributed by atoms with Crippen molar-refractivity contribution in [2.45, 2.75) is 121 Å². The summed E-state index contributed by atoms with van der Waals surface area (Å²) in [4.78, 5) is 12.5. The largest absolute Gasteiger partial charge is 0.469 e. The van der Waals surface area contributed by atoms with E-state index in [0.29, 0.717) is 24.7 Å². The third kappa shape index (κ3) is 3.60. The van der Waals surface area contributed by atoms with Crippen LogP contribution in [-0.2, 0) is 19.0 Å². The lowest BCUT2D eigenvalue weighted by Crippen LogP contribution is -2.62. The van der Waals surface area contributed by atoms with Gasteiger partial charge in [-0.05, 0) is 87.9 Å². The Hall–Kier alpha value is -0.730. The van der Waals surface area contributed by atoms with E-state index in [9.17, 15) is 20.1 Å². The number of methoxy groups -OCH3 is 1. The number of esters is 1. The first kappa shape index (κ1) is 24.9. The molecule has 4 aliphatic carbocycles. The van der Waals surface area contributed by atoms with Crippen LogP contribution in [-0.4, -0.2) is 64.7 Å². The number of fused-ring (bicyclic) bond motifs is 5. The summed E-state index contributed by atoms with van der Waals surface area (Å²) in [5.74, 6) is 0.870. The second kappa shape index (κ2) is 8.69. The molecule has 0 amide bonds. The molecule has 7 heteroatoms. The summed E-state index contributed by atoms with van der Waals surface area (Å²) < 4.78 is 17.3. The molecular weight excluding hydrogens is 436 g/mol. The second-order valence-electron chi connectivity index (χ2n) is 12.6. The number of rotatable bonds is 3. The predicted octanol–water partition coefficient (Wildman–Crippen LogP) is 3.18. The van der Waals surface area contributed by atoms with Crippen molar-refractivity contribution in [2.24, 2.45) is 34.5 Å². The van der Waals surface area contributed by atoms with Crippen molar-refractivity contribution < 1.29 is 34.3 Å². The first-order valence-electron chi connectivity index (χ1n) is 13.5. The molecule has 0 aromatic rings. The molecule has 0 aromatic heterocycles. The van der Waals surface area contributed by atoms with Crippen molar-refractivity contribution >= 4 is 5.97 Å². The van der Waals surface area contributed by atoms with E-state index in [0.717, 1.165) is 51.4 Å². The molecule has 5 rings (SSSR count). The molecule has 1 aliphatic heterocycles. The van der Waals surface area contributed by atoms with E-state index in [2.05, 4.69) is 13.8 Å². The Labute approximate surface area is 203 Å². The van der Waals surface area contributed by atoms with Crippen LogP contribution in [0.4, 0.5) is 0 Å². The number of carbonyl (C=O) groups excluding carboxylic acids is 1. The van der Waals surface area contributed by atoms with Gasteiger partial charge in [0.25, 0.3) is 0 Å². The molecule has 12 atom stereocenters. The maximum absolute atomic E-state index is 12.5. The SMILES string of the molecule is COC(=O)[C@H]1CC[C@]2(O)[C@@H]3CC[C@@H]4C[C@@H](O[C@H]5C[C@H](O)[C@H](O)[C@@H](C)O5)CC[C@]4(C)[C@H]3CC[C@]12C. The number of aliphatic hydroxyl groups is 3. The fourth-order valence-electron chi connectivity index (χ4n) is 9.16. The highest BCUT2D eigenvalue weighted by atomic mass is 16.7. The molecule has 1 heterocycles. The van der Waals surface area contributed by atoms with Gasteiger partial charge in [0, 0.05) is 11.8 Å². The fraction of sp³-hybridized carbons (Fsp3) is 0.963. The first-order valence-corrected chi connectivity index (χ1v) is 13.5. The lowest BCUT2D eigenvalue weighted by Gasteiger charge is -2.63. The van der Waals surface area contributed by atoms with Crippen molar-refractivity contribution in [2.75, 3.05) is 7.11 Å². The fourth-order valence-corrected chi connectivity index (χ4v) is 9.16. The van der Waals surface area contributed by atoms with Crippen LogP contribution in [0.25, 0.3) is 0 Å². The van der Waals surface area contributed by atoms with Gasteiger partial charge in [0.2, 0.25) is 0 Å². The highest BCUT2D eigenvalue weighted by Gasteiger charge is 2.68. The lowest BCUT2D eigenvalue weighted by molar-refractivity contribution is -0.271. The molecule has 5 aliphatic rings. The van der Waals surface area contributed by atoms with Gasteiger partial charge < -0.3 is 29.5 Å². The number of aliphatic hydroxyl groups excluding tert-OH is 2. The minimum Gasteiger partial charge on any atom is -0.469 e. The summed E-state index contributed by atoms with van der Waals surface area (Å²) in [6.07, 6.45) is 6.24. The summed E-state index contributed by atoms with van der Waals surface area (Å²) in [6.45, 7) is 6.34. The quantitative estimate of drug-likeness (QED) is 0.421. The molecule has 0 bridgehead atoms. The molecule has 0 unspecified atom stereocenters. The van der Waals surface area contributed by atoms with Crippen LogP contribution in [0.15, 0.2) is 0 Å². The molecule has 0 radical (unpaired) electrons. The van der Waals surface area contributed by atoms with Crippen LogP contribution in [0.3, 0.4) is 0 Å². The Balaban J connectivity index is 1.28. The number of ether oxygens (including phenoxy) is 3. The van der Waals surface area contributed by atoms with Gasteiger partial charge in [0.1, 0.15) is 6.10 Å². The van der Waals surface area contributed by atoms with Crippen LogP contribution < -0.4 is 0 Å². The van der Waals surface area contributed by atoms with Crippen LogP contribution in [0, 0.1) is 34.5 Å². The van der Waals surface area contributed by atoms with Crippen LogP contribution in [0.2, 0.25) is 0 Å². The molecule has 7 nitrogen and oxygen atoms in total. The Kier molecular flexibility index (Phi) is 6.37. The van der Waals surface area contributed by atoms with Crippen molar-refractivity contribution in [3.63, 3.8) is 0 Å². The van der Waals surface area contributed by atoms with Gasteiger partial charge in [0.05, 0.1) is 36.9 Å². The van der Waals surface area contributed by atoms with Gasteiger partial charge >= 0.3 is 5.97 Å². The summed E-state index contributed by atoms with van der Waals surface area (Å²) in [5, 5.41) is 32.2. The van der Waals surface area contributed by atoms with Crippen molar-refractivity contribution in [3.8, 4) is 0 Å². The molecule has 0 aromatic carbocycles. The topological polar surface area (TPSA) is 105 Å². The standard InChI is InChI=1S/C27H44O7/c1-15-23(29)21(28)14-22(33-15)34-17-7-10-25(2)16(13-17)5-6-19-18(25)8-11-26(3)20(24(30)32-4)9-12-27(19,26)31/h15-23,28-29,31H,5-14H2,1-4H3/t15-,16-,17+,18+,19-,20-,21+,22+,23-,25+,26-,27+/m1/s1. The van der Waals surface area contributed by atoms with Crippen LogP contribution in [0.5, 0.6) is 0 Å². The van der Waals surface area contributed by atoms with Crippen LogP contribution >= 0.6 is 0 Å². The molecule has 5 fully saturated rings. The summed E-state index contributed by atoms with van der Waals surface area (Å²) in [7, 11) is 1.46.